The number of methoxy groups -OCH3 is 3. The molecule has 30 heavy (non-hydrogen) atoms. The highest BCUT2D eigenvalue weighted by molar-refractivity contribution is 7.63. The van der Waals surface area contributed by atoms with Gasteiger partial charge in [0.25, 0.3) is 0 Å². The Labute approximate surface area is 174 Å². The molecule has 1 fully saturated rings. The lowest BCUT2D eigenvalue weighted by atomic mass is 9.94. The van der Waals surface area contributed by atoms with Gasteiger partial charge in [0.15, 0.2) is 0 Å². The Morgan fingerprint density at radius 1 is 0.967 bits per heavy atom. The van der Waals surface area contributed by atoms with Crippen LogP contribution in [0.15, 0.2) is 18.2 Å². The maximum atomic E-state index is 13.8. The Balaban J connectivity index is 2.44. The third-order valence-electron chi connectivity index (χ3n) is 5.03. The number of hydrogen-bond donors (Lipinski definition) is 0. The molecule has 0 amide bonds. The summed E-state index contributed by atoms with van der Waals surface area (Å²) in [6, 6.07) is 4.91. The van der Waals surface area contributed by atoms with Gasteiger partial charge in [0.05, 0.1) is 51.0 Å². The maximum absolute atomic E-state index is 13.8. The quantitative estimate of drug-likeness (QED) is 0.530. The Morgan fingerprint density at radius 3 is 2.07 bits per heavy atom. The summed E-state index contributed by atoms with van der Waals surface area (Å²) in [6.07, 6.45) is 0. The van der Waals surface area contributed by atoms with E-state index < -0.39 is 19.5 Å². The number of esters is 2. The second kappa shape index (κ2) is 8.02. The molecule has 0 bridgehead atoms. The van der Waals surface area contributed by atoms with E-state index >= 15 is 0 Å². The topological polar surface area (TPSA) is 97.4 Å². The van der Waals surface area contributed by atoms with Gasteiger partial charge in [0, 0.05) is 10.8 Å². The van der Waals surface area contributed by atoms with Gasteiger partial charge in [0.2, 0.25) is 0 Å². The fourth-order valence-electron chi connectivity index (χ4n) is 3.46. The normalized spacial score (nSPS) is 17.4. The highest BCUT2D eigenvalue weighted by atomic mass is 31.2. The van der Waals surface area contributed by atoms with Gasteiger partial charge in [-0.15, -0.1) is 0 Å². The van der Waals surface area contributed by atoms with E-state index in [-0.39, 0.29) is 40.6 Å². The van der Waals surface area contributed by atoms with E-state index in [0.717, 1.165) is 0 Å². The van der Waals surface area contributed by atoms with Crippen LogP contribution in [0.1, 0.15) is 40.1 Å². The molecule has 0 N–H and O–H groups in total. The molecule has 162 valence electrons. The van der Waals surface area contributed by atoms with E-state index in [4.69, 9.17) is 23.3 Å². The molecule has 0 atom stereocenters. The largest absolute Gasteiger partial charge is 0.497 e. The highest BCUT2D eigenvalue weighted by Crippen LogP contribution is 2.55. The third-order valence-corrected chi connectivity index (χ3v) is 7.10. The van der Waals surface area contributed by atoms with Gasteiger partial charge in [-0.1, -0.05) is 13.8 Å². The average Bonchev–Trinajstić information content (AvgIpc) is 2.73. The molecule has 0 aromatic heterocycles. The van der Waals surface area contributed by atoms with E-state index in [9.17, 15) is 14.2 Å². The number of ether oxygens (including phenoxy) is 3. The summed E-state index contributed by atoms with van der Waals surface area (Å²) in [7, 11) is 0.113. The van der Waals surface area contributed by atoms with Crippen LogP contribution in [0.3, 0.4) is 0 Å². The maximum Gasteiger partial charge on any atom is 0.362 e. The molecule has 0 unspecified atom stereocenters. The minimum absolute atomic E-state index is 0.00318. The standard InChI is InChI=1S/C21H25O8P/c1-12-16(19(22)26-5)17(20(23)27-6)15-9-13(25-4)7-8-14(15)18(12)30(24)28-10-21(2,3)11-29-30/h7-9H,10-11H2,1-6H3. The molecule has 2 aromatic carbocycles. The van der Waals surface area contributed by atoms with E-state index in [1.807, 2.05) is 13.8 Å². The van der Waals surface area contributed by atoms with Gasteiger partial charge >= 0.3 is 19.5 Å². The summed E-state index contributed by atoms with van der Waals surface area (Å²) in [5.41, 5.74) is -0.0726. The minimum atomic E-state index is -3.79. The lowest BCUT2D eigenvalue weighted by Crippen LogP contribution is -2.33. The lowest BCUT2D eigenvalue weighted by Gasteiger charge is -2.35. The van der Waals surface area contributed by atoms with Crippen LogP contribution in [-0.4, -0.2) is 46.5 Å². The SMILES string of the molecule is COC(=O)c1c(C)c(P2(=O)OCC(C)(C)CO2)c2ccc(OC)cc2c1C(=O)OC. The predicted octanol–water partition coefficient (Wildman–Crippen LogP) is 3.62. The monoisotopic (exact) mass is 436 g/mol. The molecule has 0 spiro atoms. The number of rotatable bonds is 4. The van der Waals surface area contributed by atoms with Gasteiger partial charge in [-0.2, -0.15) is 0 Å². The van der Waals surface area contributed by atoms with Crippen LogP contribution in [0.5, 0.6) is 5.75 Å². The first kappa shape index (κ1) is 22.3. The van der Waals surface area contributed by atoms with Crippen molar-refractivity contribution in [1.29, 1.82) is 0 Å². The van der Waals surface area contributed by atoms with E-state index in [0.29, 0.717) is 16.5 Å². The van der Waals surface area contributed by atoms with Crippen molar-refractivity contribution in [1.82, 2.24) is 0 Å². The Kier molecular flexibility index (Phi) is 5.96. The number of carbonyl (C=O) groups excluding carboxylic acids is 2. The summed E-state index contributed by atoms with van der Waals surface area (Å²) in [4.78, 5) is 25.4. The molecule has 1 aliphatic heterocycles. The Morgan fingerprint density at radius 2 is 1.53 bits per heavy atom. The summed E-state index contributed by atoms with van der Waals surface area (Å²) >= 11 is 0. The van der Waals surface area contributed by atoms with Gasteiger partial charge in [0.1, 0.15) is 5.75 Å². The molecule has 0 aliphatic carbocycles. The van der Waals surface area contributed by atoms with Crippen LogP contribution in [0.25, 0.3) is 10.8 Å². The van der Waals surface area contributed by atoms with Crippen LogP contribution >= 0.6 is 7.60 Å². The van der Waals surface area contributed by atoms with Gasteiger partial charge in [-0.25, -0.2) is 9.59 Å². The summed E-state index contributed by atoms with van der Waals surface area (Å²) < 4.78 is 40.4. The zero-order valence-electron chi connectivity index (χ0n) is 17.9. The van der Waals surface area contributed by atoms with Crippen molar-refractivity contribution in [3.05, 3.63) is 34.9 Å². The van der Waals surface area contributed by atoms with Crippen molar-refractivity contribution in [2.45, 2.75) is 20.8 Å². The van der Waals surface area contributed by atoms with Crippen LogP contribution in [0, 0.1) is 12.3 Å². The minimum Gasteiger partial charge on any atom is -0.497 e. The molecule has 0 saturated carbocycles. The molecule has 9 heteroatoms. The fraction of sp³-hybridized carbons (Fsp3) is 0.429. The van der Waals surface area contributed by atoms with E-state index in [1.54, 1.807) is 25.1 Å². The molecular weight excluding hydrogens is 411 g/mol. The number of fused-ring (bicyclic) bond motifs is 1. The van der Waals surface area contributed by atoms with Gasteiger partial charge in [-0.3, -0.25) is 4.57 Å². The summed E-state index contributed by atoms with van der Waals surface area (Å²) in [6.45, 7) is 5.89. The zero-order chi connectivity index (χ0) is 22.3. The molecule has 1 aliphatic rings. The lowest BCUT2D eigenvalue weighted by molar-refractivity contribution is 0.0463. The molecule has 0 radical (unpaired) electrons. The van der Waals surface area contributed by atoms with Crippen LogP contribution in [0.2, 0.25) is 0 Å². The molecule has 3 rings (SSSR count). The zero-order valence-corrected chi connectivity index (χ0v) is 18.8. The summed E-state index contributed by atoms with van der Waals surface area (Å²) in [5, 5.41) is 1.00. The van der Waals surface area contributed by atoms with Crippen LogP contribution in [-0.2, 0) is 23.1 Å². The first-order chi connectivity index (χ1) is 14.1. The van der Waals surface area contributed by atoms with Gasteiger partial charge < -0.3 is 23.3 Å². The first-order valence-electron chi connectivity index (χ1n) is 9.29. The van der Waals surface area contributed by atoms with Crippen molar-refractivity contribution in [2.24, 2.45) is 5.41 Å². The van der Waals surface area contributed by atoms with Crippen molar-refractivity contribution >= 4 is 35.6 Å². The second-order valence-electron chi connectivity index (χ2n) is 7.83. The predicted molar refractivity (Wildman–Crippen MR) is 111 cm³/mol. The molecule has 2 aromatic rings. The summed E-state index contributed by atoms with van der Waals surface area (Å²) in [5.74, 6) is -1.04. The van der Waals surface area contributed by atoms with Crippen molar-refractivity contribution in [3.63, 3.8) is 0 Å². The molecule has 1 heterocycles. The number of benzene rings is 2. The fourth-order valence-corrected chi connectivity index (χ4v) is 5.84. The Bertz CT molecular complexity index is 1060. The highest BCUT2D eigenvalue weighted by Gasteiger charge is 2.42. The first-order valence-corrected chi connectivity index (χ1v) is 10.8. The van der Waals surface area contributed by atoms with E-state index in [1.165, 1.54) is 21.3 Å². The molecular formula is C21H25O8P. The molecule has 8 nitrogen and oxygen atoms in total. The number of carbonyl (C=O) groups is 2. The second-order valence-corrected chi connectivity index (χ2v) is 9.79. The third kappa shape index (κ3) is 3.71. The van der Waals surface area contributed by atoms with Crippen molar-refractivity contribution in [2.75, 3.05) is 34.5 Å². The number of hydrogen-bond acceptors (Lipinski definition) is 8. The molecule has 1 saturated heterocycles. The van der Waals surface area contributed by atoms with E-state index in [2.05, 4.69) is 0 Å². The average molecular weight is 436 g/mol. The Hall–Kier alpha value is -2.41. The van der Waals surface area contributed by atoms with Crippen LogP contribution in [0.4, 0.5) is 0 Å². The van der Waals surface area contributed by atoms with Crippen molar-refractivity contribution in [3.8, 4) is 5.75 Å². The van der Waals surface area contributed by atoms with Crippen molar-refractivity contribution < 1.29 is 37.4 Å². The smallest absolute Gasteiger partial charge is 0.362 e. The van der Waals surface area contributed by atoms with Crippen LogP contribution < -0.4 is 10.0 Å². The van der Waals surface area contributed by atoms with Gasteiger partial charge in [-0.05, 0) is 36.1 Å².